The molecule has 0 aliphatic carbocycles. The number of carbonyl (C=O) groups is 1. The van der Waals surface area contributed by atoms with Gasteiger partial charge in [0, 0.05) is 21.5 Å². The summed E-state index contributed by atoms with van der Waals surface area (Å²) in [4.78, 5) is 15.5. The summed E-state index contributed by atoms with van der Waals surface area (Å²) in [7, 11) is 0. The van der Waals surface area contributed by atoms with Crippen molar-refractivity contribution in [1.82, 2.24) is 4.98 Å². The predicted molar refractivity (Wildman–Crippen MR) is 70.6 cm³/mol. The van der Waals surface area contributed by atoms with E-state index < -0.39 is 10.7 Å². The number of carboxylic acid groups (broad SMARTS) is 1. The molecular formula is C13H15NO2S. The van der Waals surface area contributed by atoms with Gasteiger partial charge in [0.2, 0.25) is 0 Å². The van der Waals surface area contributed by atoms with Crippen molar-refractivity contribution < 1.29 is 9.90 Å². The van der Waals surface area contributed by atoms with Crippen LogP contribution in [0.1, 0.15) is 19.5 Å². The lowest BCUT2D eigenvalue weighted by molar-refractivity contribution is -0.138. The van der Waals surface area contributed by atoms with Gasteiger partial charge in [0.25, 0.3) is 0 Å². The molecule has 2 aromatic rings. The van der Waals surface area contributed by atoms with Crippen LogP contribution >= 0.6 is 11.8 Å². The molecule has 0 unspecified atom stereocenters. The lowest BCUT2D eigenvalue weighted by atomic mass is 10.2. The molecule has 0 aliphatic rings. The minimum absolute atomic E-state index is 0.799. The molecule has 2 N–H and O–H groups in total. The summed E-state index contributed by atoms with van der Waals surface area (Å²) < 4.78 is -0.824. The fourth-order valence-corrected chi connectivity index (χ4v) is 2.77. The zero-order chi connectivity index (χ0) is 12.6. The molecule has 0 radical (unpaired) electrons. The number of aliphatic carboxylic acids is 1. The molecule has 0 fully saturated rings. The Hall–Kier alpha value is -1.42. The summed E-state index contributed by atoms with van der Waals surface area (Å²) in [6, 6.07) is 7.95. The molecule has 0 amide bonds. The molecule has 0 bridgehead atoms. The number of nitrogens with one attached hydrogen (secondary N) is 1. The van der Waals surface area contributed by atoms with E-state index in [2.05, 4.69) is 4.98 Å². The first-order chi connectivity index (χ1) is 7.92. The maximum Gasteiger partial charge on any atom is 0.319 e. The summed E-state index contributed by atoms with van der Waals surface area (Å²) in [5.41, 5.74) is 2.07. The topological polar surface area (TPSA) is 53.1 Å². The maximum absolute atomic E-state index is 11.2. The molecular weight excluding hydrogens is 234 g/mol. The first-order valence-electron chi connectivity index (χ1n) is 5.41. The van der Waals surface area contributed by atoms with Crippen molar-refractivity contribution in [3.63, 3.8) is 0 Å². The van der Waals surface area contributed by atoms with Crippen molar-refractivity contribution in [2.75, 3.05) is 0 Å². The Kier molecular flexibility index (Phi) is 2.91. The summed E-state index contributed by atoms with van der Waals surface area (Å²) in [6.45, 7) is 5.42. The molecule has 1 heterocycles. The number of aryl methyl sites for hydroxylation is 1. The Morgan fingerprint density at radius 2 is 2.00 bits per heavy atom. The number of para-hydroxylation sites is 1. The number of carboxylic acids is 1. The Balaban J connectivity index is 2.49. The van der Waals surface area contributed by atoms with E-state index in [-0.39, 0.29) is 0 Å². The van der Waals surface area contributed by atoms with Crippen LogP contribution in [0.3, 0.4) is 0 Å². The fourth-order valence-electron chi connectivity index (χ4n) is 1.68. The van der Waals surface area contributed by atoms with Crippen molar-refractivity contribution in [3.05, 3.63) is 30.0 Å². The number of hydrogen-bond acceptors (Lipinski definition) is 2. The first-order valence-corrected chi connectivity index (χ1v) is 6.23. The Bertz CT molecular complexity index is 572. The maximum atomic E-state index is 11.2. The monoisotopic (exact) mass is 249 g/mol. The summed E-state index contributed by atoms with van der Waals surface area (Å²) >= 11 is 1.39. The Morgan fingerprint density at radius 1 is 1.35 bits per heavy atom. The van der Waals surface area contributed by atoms with Gasteiger partial charge in [0.15, 0.2) is 0 Å². The molecule has 0 saturated heterocycles. The second-order valence-electron chi connectivity index (χ2n) is 4.54. The highest BCUT2D eigenvalue weighted by Crippen LogP contribution is 2.39. The lowest BCUT2D eigenvalue weighted by Crippen LogP contribution is -2.26. The van der Waals surface area contributed by atoms with E-state index in [9.17, 15) is 9.90 Å². The zero-order valence-electron chi connectivity index (χ0n) is 10.1. The lowest BCUT2D eigenvalue weighted by Gasteiger charge is -2.18. The Labute approximate surface area is 104 Å². The molecule has 3 nitrogen and oxygen atoms in total. The van der Waals surface area contributed by atoms with Gasteiger partial charge in [-0.15, -0.1) is 11.8 Å². The molecule has 4 heteroatoms. The van der Waals surface area contributed by atoms with Crippen LogP contribution in [0.25, 0.3) is 10.9 Å². The zero-order valence-corrected chi connectivity index (χ0v) is 10.9. The standard InChI is InChI=1S/C13H15NO2S/c1-8-11(17-13(2,3)12(15)16)9-6-4-5-7-10(9)14-8/h4-7,14H,1-3H3,(H,15,16). The van der Waals surface area contributed by atoms with E-state index in [1.54, 1.807) is 13.8 Å². The van der Waals surface area contributed by atoms with Gasteiger partial charge in [0.1, 0.15) is 4.75 Å². The normalized spacial score (nSPS) is 11.9. The van der Waals surface area contributed by atoms with Crippen LogP contribution in [0, 0.1) is 6.92 Å². The molecule has 90 valence electrons. The van der Waals surface area contributed by atoms with E-state index in [1.165, 1.54) is 11.8 Å². The quantitative estimate of drug-likeness (QED) is 0.819. The van der Waals surface area contributed by atoms with Crippen LogP contribution in [0.5, 0.6) is 0 Å². The molecule has 0 saturated carbocycles. The average molecular weight is 249 g/mol. The van der Waals surface area contributed by atoms with Gasteiger partial charge in [-0.05, 0) is 26.8 Å². The van der Waals surface area contributed by atoms with Gasteiger partial charge in [-0.3, -0.25) is 4.79 Å². The van der Waals surface area contributed by atoms with E-state index in [4.69, 9.17) is 0 Å². The van der Waals surface area contributed by atoms with Gasteiger partial charge in [-0.2, -0.15) is 0 Å². The molecule has 17 heavy (non-hydrogen) atoms. The third-order valence-corrected chi connectivity index (χ3v) is 4.12. The molecule has 1 aromatic heterocycles. The van der Waals surface area contributed by atoms with Gasteiger partial charge >= 0.3 is 5.97 Å². The smallest absolute Gasteiger partial charge is 0.319 e. The summed E-state index contributed by atoms with van der Waals surface area (Å²) in [5, 5.41) is 10.3. The van der Waals surface area contributed by atoms with Crippen LogP contribution in [0.4, 0.5) is 0 Å². The third-order valence-electron chi connectivity index (χ3n) is 2.71. The van der Waals surface area contributed by atoms with Crippen LogP contribution < -0.4 is 0 Å². The second-order valence-corrected chi connectivity index (χ2v) is 6.18. The molecule has 0 spiro atoms. The SMILES string of the molecule is Cc1[nH]c2ccccc2c1SC(C)(C)C(=O)O. The highest BCUT2D eigenvalue weighted by Gasteiger charge is 2.30. The van der Waals surface area contributed by atoms with Crippen LogP contribution in [-0.4, -0.2) is 20.8 Å². The predicted octanol–water partition coefficient (Wildman–Crippen LogP) is 3.43. The Morgan fingerprint density at radius 3 is 2.65 bits per heavy atom. The number of H-pyrrole nitrogens is 1. The molecule has 0 atom stereocenters. The van der Waals surface area contributed by atoms with Crippen molar-refractivity contribution in [2.45, 2.75) is 30.4 Å². The van der Waals surface area contributed by atoms with Crippen molar-refractivity contribution in [1.29, 1.82) is 0 Å². The average Bonchev–Trinajstić information content (AvgIpc) is 2.55. The van der Waals surface area contributed by atoms with E-state index >= 15 is 0 Å². The number of fused-ring (bicyclic) bond motifs is 1. The summed E-state index contributed by atoms with van der Waals surface area (Å²) in [6.07, 6.45) is 0. The van der Waals surface area contributed by atoms with Crippen LogP contribution in [0.2, 0.25) is 0 Å². The van der Waals surface area contributed by atoms with Crippen LogP contribution in [-0.2, 0) is 4.79 Å². The van der Waals surface area contributed by atoms with Crippen molar-refractivity contribution >= 4 is 28.6 Å². The summed E-state index contributed by atoms with van der Waals surface area (Å²) in [5.74, 6) is -0.799. The van der Waals surface area contributed by atoms with E-state index in [1.807, 2.05) is 31.2 Å². The highest BCUT2D eigenvalue weighted by atomic mass is 32.2. The number of rotatable bonds is 3. The van der Waals surface area contributed by atoms with Crippen molar-refractivity contribution in [3.8, 4) is 0 Å². The van der Waals surface area contributed by atoms with Crippen molar-refractivity contribution in [2.24, 2.45) is 0 Å². The number of hydrogen-bond donors (Lipinski definition) is 2. The number of thioether (sulfide) groups is 1. The van der Waals surface area contributed by atoms with Gasteiger partial charge in [-0.25, -0.2) is 0 Å². The molecule has 1 aromatic carbocycles. The van der Waals surface area contributed by atoms with Gasteiger partial charge in [-0.1, -0.05) is 18.2 Å². The third kappa shape index (κ3) is 2.17. The number of benzene rings is 1. The number of aromatic nitrogens is 1. The minimum atomic E-state index is -0.824. The van der Waals surface area contributed by atoms with Crippen LogP contribution in [0.15, 0.2) is 29.2 Å². The van der Waals surface area contributed by atoms with Gasteiger partial charge in [0.05, 0.1) is 0 Å². The largest absolute Gasteiger partial charge is 0.480 e. The van der Waals surface area contributed by atoms with E-state index in [0.29, 0.717) is 0 Å². The second kappa shape index (κ2) is 4.11. The minimum Gasteiger partial charge on any atom is -0.480 e. The highest BCUT2D eigenvalue weighted by molar-refractivity contribution is 8.01. The first kappa shape index (κ1) is 12.0. The molecule has 0 aliphatic heterocycles. The van der Waals surface area contributed by atoms with Gasteiger partial charge < -0.3 is 10.1 Å². The van der Waals surface area contributed by atoms with E-state index in [0.717, 1.165) is 21.5 Å². The number of aromatic amines is 1. The molecule has 2 rings (SSSR count). The fraction of sp³-hybridized carbons (Fsp3) is 0.308.